The minimum absolute atomic E-state index is 0.347. The fraction of sp³-hybridized carbons (Fsp3) is 0.682. The van der Waals surface area contributed by atoms with E-state index in [9.17, 15) is 4.79 Å². The minimum Gasteiger partial charge on any atom is -0.493 e. The van der Waals surface area contributed by atoms with Gasteiger partial charge in [0.05, 0.1) is 26.7 Å². The van der Waals surface area contributed by atoms with Gasteiger partial charge in [-0.1, -0.05) is 32.1 Å². The molecule has 1 aromatic carbocycles. The molecule has 2 aliphatic rings. The second-order valence-electron chi connectivity index (χ2n) is 7.70. The smallest absolute Gasteiger partial charge is 0.210 e. The highest BCUT2D eigenvalue weighted by Gasteiger charge is 2.49. The molecule has 26 heavy (non-hydrogen) atoms. The van der Waals surface area contributed by atoms with Crippen molar-refractivity contribution in [2.24, 2.45) is 11.8 Å². The third-order valence-electron chi connectivity index (χ3n) is 6.56. The molecular formula is C22H31O4. The minimum atomic E-state index is -0.566. The first-order valence-electron chi connectivity index (χ1n) is 9.91. The van der Waals surface area contributed by atoms with Crippen LogP contribution in [-0.2, 0) is 10.2 Å². The maximum atomic E-state index is 12.6. The third-order valence-corrected chi connectivity index (χ3v) is 6.56. The molecule has 1 atom stereocenters. The highest BCUT2D eigenvalue weighted by atomic mass is 16.5. The Kier molecular flexibility index (Phi) is 6.10. The molecule has 0 bridgehead atoms. The fourth-order valence-electron chi connectivity index (χ4n) is 5.29. The molecular weight excluding hydrogens is 328 g/mol. The van der Waals surface area contributed by atoms with Crippen LogP contribution in [0.4, 0.5) is 0 Å². The van der Waals surface area contributed by atoms with E-state index in [0.717, 1.165) is 31.2 Å². The quantitative estimate of drug-likeness (QED) is 0.699. The first kappa shape index (κ1) is 19.1. The zero-order valence-corrected chi connectivity index (χ0v) is 16.3. The Labute approximate surface area is 157 Å². The second-order valence-corrected chi connectivity index (χ2v) is 7.70. The van der Waals surface area contributed by atoms with Crippen LogP contribution in [-0.4, -0.2) is 27.6 Å². The summed E-state index contributed by atoms with van der Waals surface area (Å²) in [6.45, 7) is 0. The van der Waals surface area contributed by atoms with Crippen LogP contribution < -0.4 is 14.2 Å². The maximum Gasteiger partial charge on any atom is 0.210 e. The zero-order valence-electron chi connectivity index (χ0n) is 16.3. The van der Waals surface area contributed by atoms with Gasteiger partial charge in [0.2, 0.25) is 12.0 Å². The molecule has 0 amide bonds. The second kappa shape index (κ2) is 8.32. The monoisotopic (exact) mass is 359 g/mol. The van der Waals surface area contributed by atoms with E-state index in [4.69, 9.17) is 14.2 Å². The summed E-state index contributed by atoms with van der Waals surface area (Å²) in [6, 6.07) is 3.97. The molecule has 2 saturated carbocycles. The van der Waals surface area contributed by atoms with Gasteiger partial charge in [-0.05, 0) is 55.2 Å². The standard InChI is InChI=1S/C22H31O4/c1-24-19-13-18(14-20(25-2)21(19)26-3)22(15-23,17-11-7-8-12-17)16-9-5-4-6-10-16/h13-14,16-17H,4-12H2,1-3H3/t22-/m0/s1. The number of hydrogen-bond acceptors (Lipinski definition) is 4. The van der Waals surface area contributed by atoms with E-state index in [2.05, 4.69) is 6.29 Å². The molecule has 0 heterocycles. The van der Waals surface area contributed by atoms with E-state index in [-0.39, 0.29) is 0 Å². The Morgan fingerprint density at radius 3 is 1.65 bits per heavy atom. The molecule has 4 nitrogen and oxygen atoms in total. The van der Waals surface area contributed by atoms with E-state index in [0.29, 0.717) is 29.1 Å². The average molecular weight is 359 g/mol. The molecule has 0 unspecified atom stereocenters. The van der Waals surface area contributed by atoms with Crippen LogP contribution in [0.15, 0.2) is 12.1 Å². The Morgan fingerprint density at radius 2 is 1.27 bits per heavy atom. The normalized spacial score (nSPS) is 21.2. The van der Waals surface area contributed by atoms with Crippen molar-refractivity contribution in [1.29, 1.82) is 0 Å². The van der Waals surface area contributed by atoms with Gasteiger partial charge in [-0.25, -0.2) is 0 Å². The number of benzene rings is 1. The molecule has 0 aromatic heterocycles. The summed E-state index contributed by atoms with van der Waals surface area (Å²) < 4.78 is 16.6. The highest BCUT2D eigenvalue weighted by molar-refractivity contribution is 5.73. The number of rotatable bonds is 7. The van der Waals surface area contributed by atoms with Gasteiger partial charge in [-0.3, -0.25) is 4.79 Å². The predicted octanol–water partition coefficient (Wildman–Crippen LogP) is 4.83. The third kappa shape index (κ3) is 3.19. The van der Waals surface area contributed by atoms with E-state index in [1.807, 2.05) is 12.1 Å². The number of ether oxygens (including phenoxy) is 3. The Morgan fingerprint density at radius 1 is 0.808 bits per heavy atom. The summed E-state index contributed by atoms with van der Waals surface area (Å²) >= 11 is 0. The highest BCUT2D eigenvalue weighted by Crippen LogP contribution is 2.52. The summed E-state index contributed by atoms with van der Waals surface area (Å²) in [7, 11) is 4.87. The lowest BCUT2D eigenvalue weighted by Crippen LogP contribution is -2.44. The maximum absolute atomic E-state index is 12.6. The average Bonchev–Trinajstić information content (AvgIpc) is 3.24. The molecule has 3 rings (SSSR count). The van der Waals surface area contributed by atoms with Crippen LogP contribution in [0, 0.1) is 11.8 Å². The van der Waals surface area contributed by atoms with Crippen molar-refractivity contribution >= 4 is 6.29 Å². The number of methoxy groups -OCH3 is 3. The molecule has 4 heteroatoms. The zero-order chi connectivity index (χ0) is 18.6. The lowest BCUT2D eigenvalue weighted by atomic mass is 9.59. The molecule has 1 radical (unpaired) electrons. The summed E-state index contributed by atoms with van der Waals surface area (Å²) in [6.07, 6.45) is 13.0. The molecule has 0 aliphatic heterocycles. The van der Waals surface area contributed by atoms with Gasteiger partial charge in [0.15, 0.2) is 11.5 Å². The Balaban J connectivity index is 2.15. The van der Waals surface area contributed by atoms with Crippen molar-refractivity contribution in [3.8, 4) is 17.2 Å². The largest absolute Gasteiger partial charge is 0.493 e. The summed E-state index contributed by atoms with van der Waals surface area (Å²) in [5, 5.41) is 0. The van der Waals surface area contributed by atoms with Gasteiger partial charge in [0.1, 0.15) is 0 Å². The molecule has 143 valence electrons. The van der Waals surface area contributed by atoms with Gasteiger partial charge in [0.25, 0.3) is 0 Å². The fourth-order valence-corrected chi connectivity index (χ4v) is 5.29. The lowest BCUT2D eigenvalue weighted by Gasteiger charge is -2.43. The van der Waals surface area contributed by atoms with Crippen LogP contribution in [0.2, 0.25) is 0 Å². The van der Waals surface area contributed by atoms with E-state index < -0.39 is 5.41 Å². The first-order chi connectivity index (χ1) is 12.7. The topological polar surface area (TPSA) is 44.8 Å². The van der Waals surface area contributed by atoms with Gasteiger partial charge in [0, 0.05) is 0 Å². The molecule has 2 aliphatic carbocycles. The van der Waals surface area contributed by atoms with Gasteiger partial charge < -0.3 is 14.2 Å². The van der Waals surface area contributed by atoms with E-state index >= 15 is 0 Å². The summed E-state index contributed by atoms with van der Waals surface area (Å²) in [5.41, 5.74) is 0.421. The number of carbonyl (C=O) groups excluding carboxylic acids is 1. The van der Waals surface area contributed by atoms with Gasteiger partial charge in [-0.2, -0.15) is 0 Å². The molecule has 2 fully saturated rings. The van der Waals surface area contributed by atoms with Gasteiger partial charge >= 0.3 is 0 Å². The van der Waals surface area contributed by atoms with Crippen LogP contribution >= 0.6 is 0 Å². The number of hydrogen-bond donors (Lipinski definition) is 0. The van der Waals surface area contributed by atoms with Crippen LogP contribution in [0.5, 0.6) is 17.2 Å². The molecule has 1 aromatic rings. The molecule has 0 saturated heterocycles. The van der Waals surface area contributed by atoms with Crippen molar-refractivity contribution in [2.75, 3.05) is 21.3 Å². The van der Waals surface area contributed by atoms with Crippen molar-refractivity contribution < 1.29 is 19.0 Å². The van der Waals surface area contributed by atoms with Crippen molar-refractivity contribution in [3.63, 3.8) is 0 Å². The van der Waals surface area contributed by atoms with Crippen LogP contribution in [0.3, 0.4) is 0 Å². The molecule has 0 spiro atoms. The summed E-state index contributed by atoms with van der Waals surface area (Å²) in [5.74, 6) is 2.52. The van der Waals surface area contributed by atoms with Crippen molar-refractivity contribution in [1.82, 2.24) is 0 Å². The predicted molar refractivity (Wildman–Crippen MR) is 102 cm³/mol. The van der Waals surface area contributed by atoms with Crippen LogP contribution in [0.25, 0.3) is 0 Å². The SMILES string of the molecule is COc1cc([C@@]([C]=O)(C2CCCCC2)C2CCCC2)cc(OC)c1OC. The van der Waals surface area contributed by atoms with Gasteiger partial charge in [-0.15, -0.1) is 0 Å². The lowest BCUT2D eigenvalue weighted by molar-refractivity contribution is 0.187. The van der Waals surface area contributed by atoms with E-state index in [1.54, 1.807) is 21.3 Å². The van der Waals surface area contributed by atoms with Crippen molar-refractivity contribution in [2.45, 2.75) is 63.2 Å². The Bertz CT molecular complexity index is 590. The Hall–Kier alpha value is -1.71. The van der Waals surface area contributed by atoms with Crippen LogP contribution in [0.1, 0.15) is 63.4 Å². The summed E-state index contributed by atoms with van der Waals surface area (Å²) in [4.78, 5) is 12.6. The molecule has 0 N–H and O–H groups in total. The van der Waals surface area contributed by atoms with Crippen molar-refractivity contribution in [3.05, 3.63) is 17.7 Å². The first-order valence-corrected chi connectivity index (χ1v) is 9.91. The van der Waals surface area contributed by atoms with E-state index in [1.165, 1.54) is 32.1 Å².